The van der Waals surface area contributed by atoms with Gasteiger partial charge < -0.3 is 16.6 Å². The molecule has 1 unspecified atom stereocenters. The minimum Gasteiger partial charge on any atom is -0.399 e. The lowest BCUT2D eigenvalue weighted by Crippen LogP contribution is -2.54. The predicted octanol–water partition coefficient (Wildman–Crippen LogP) is 6.04. The van der Waals surface area contributed by atoms with E-state index < -0.39 is 77.0 Å². The molecule has 0 bridgehead atoms. The Morgan fingerprint density at radius 3 is 1.74 bits per heavy atom. The van der Waals surface area contributed by atoms with Crippen molar-refractivity contribution in [1.29, 1.82) is 0 Å². The summed E-state index contributed by atoms with van der Waals surface area (Å²) in [5.41, 5.74) is -4.37. The van der Waals surface area contributed by atoms with Gasteiger partial charge in [0.2, 0.25) is 0 Å². The number of hydrogen-bond donors (Lipinski definition) is 3. The quantitative estimate of drug-likeness (QED) is 0.328. The van der Waals surface area contributed by atoms with Crippen LogP contribution in [0.5, 0.6) is 0 Å². The zero-order valence-electron chi connectivity index (χ0n) is 17.5. The first-order valence-electron chi connectivity index (χ1n) is 9.54. The van der Waals surface area contributed by atoms with Crippen LogP contribution < -0.4 is 11.5 Å². The van der Waals surface area contributed by atoms with Crippen molar-refractivity contribution in [1.82, 2.24) is 0 Å². The zero-order valence-corrected chi connectivity index (χ0v) is 17.5. The molecule has 1 aliphatic carbocycles. The fourth-order valence-corrected chi connectivity index (χ4v) is 3.74. The van der Waals surface area contributed by atoms with Crippen molar-refractivity contribution in [2.24, 2.45) is 17.1 Å². The molecule has 15 heteroatoms. The molecule has 0 saturated heterocycles. The molecule has 198 valence electrons. The van der Waals surface area contributed by atoms with Gasteiger partial charge in [-0.05, 0) is 49.0 Å². The Bertz CT molecular complexity index is 987. The van der Waals surface area contributed by atoms with Gasteiger partial charge in [-0.15, -0.1) is 0 Å². The molecule has 1 atom stereocenters. The molecule has 0 heterocycles. The van der Waals surface area contributed by atoms with Crippen LogP contribution in [0.15, 0.2) is 41.6 Å². The van der Waals surface area contributed by atoms with Gasteiger partial charge in [0.1, 0.15) is 0 Å². The summed E-state index contributed by atoms with van der Waals surface area (Å²) in [4.78, 5) is 0. The Hall–Kier alpha value is -2.58. The normalized spacial score (nSPS) is 18.9. The Kier molecular flexibility index (Phi) is 6.98. The van der Waals surface area contributed by atoms with Crippen LogP contribution >= 0.6 is 0 Å². The Balaban J connectivity index is 2.50. The lowest BCUT2D eigenvalue weighted by Gasteiger charge is -2.39. The van der Waals surface area contributed by atoms with Crippen LogP contribution in [0.3, 0.4) is 0 Å². The number of benzene rings is 1. The number of halogens is 12. The summed E-state index contributed by atoms with van der Waals surface area (Å²) in [6, 6.07) is 1.81. The first-order chi connectivity index (χ1) is 15.5. The average molecular weight is 530 g/mol. The molecule has 0 radical (unpaired) electrons. The number of nitrogen functional groups attached to an aromatic ring is 1. The number of alkyl halides is 12. The average Bonchev–Trinajstić information content (AvgIpc) is 2.66. The van der Waals surface area contributed by atoms with Gasteiger partial charge in [0.15, 0.2) is 5.41 Å². The SMILES string of the molecule is CC(C1=C(N)C=CC(Cc2ccc(N)c(C(O)(C(F)(F)F)C(F)(F)F)c2)C1)(C(F)(F)F)C(F)(F)F. The van der Waals surface area contributed by atoms with Crippen LogP contribution in [0.1, 0.15) is 24.5 Å². The molecule has 0 fully saturated rings. The summed E-state index contributed by atoms with van der Waals surface area (Å²) in [5, 5.41) is 9.61. The van der Waals surface area contributed by atoms with E-state index in [0.717, 1.165) is 18.2 Å². The number of anilines is 1. The van der Waals surface area contributed by atoms with Crippen molar-refractivity contribution in [2.75, 3.05) is 5.73 Å². The fourth-order valence-electron chi connectivity index (χ4n) is 3.74. The summed E-state index contributed by atoms with van der Waals surface area (Å²) >= 11 is 0. The second-order valence-electron chi connectivity index (χ2n) is 8.21. The van der Waals surface area contributed by atoms with E-state index in [1.54, 1.807) is 0 Å². The van der Waals surface area contributed by atoms with Gasteiger partial charge in [-0.3, -0.25) is 0 Å². The van der Waals surface area contributed by atoms with Gasteiger partial charge in [0.05, 0.1) is 0 Å². The van der Waals surface area contributed by atoms with E-state index in [4.69, 9.17) is 11.5 Å². The third kappa shape index (κ3) is 4.78. The highest BCUT2D eigenvalue weighted by atomic mass is 19.4. The van der Waals surface area contributed by atoms with E-state index in [1.807, 2.05) is 0 Å². The van der Waals surface area contributed by atoms with Crippen LogP contribution in [-0.4, -0.2) is 29.8 Å². The van der Waals surface area contributed by atoms with Gasteiger partial charge in [0.25, 0.3) is 5.60 Å². The van der Waals surface area contributed by atoms with Crippen LogP contribution in [0.25, 0.3) is 0 Å². The van der Waals surface area contributed by atoms with Gasteiger partial charge in [-0.25, -0.2) is 0 Å². The maximum atomic E-state index is 13.5. The number of allylic oxidation sites excluding steroid dienone is 3. The fraction of sp³-hybridized carbons (Fsp3) is 0.500. The number of rotatable bonds is 4. The zero-order chi connectivity index (χ0) is 27.4. The lowest BCUT2D eigenvalue weighted by molar-refractivity contribution is -0.376. The molecule has 2 rings (SSSR count). The maximum absolute atomic E-state index is 13.5. The van der Waals surface area contributed by atoms with Crippen molar-refractivity contribution < 1.29 is 57.8 Å². The van der Waals surface area contributed by atoms with Crippen molar-refractivity contribution in [3.63, 3.8) is 0 Å². The highest BCUT2D eigenvalue weighted by molar-refractivity contribution is 5.53. The molecule has 35 heavy (non-hydrogen) atoms. The molecule has 0 amide bonds. The smallest absolute Gasteiger partial charge is 0.399 e. The van der Waals surface area contributed by atoms with Crippen molar-refractivity contribution in [2.45, 2.75) is 50.1 Å². The van der Waals surface area contributed by atoms with Gasteiger partial charge in [-0.1, -0.05) is 18.2 Å². The van der Waals surface area contributed by atoms with Crippen LogP contribution in [0.2, 0.25) is 0 Å². The second-order valence-corrected chi connectivity index (χ2v) is 8.21. The van der Waals surface area contributed by atoms with E-state index in [1.165, 1.54) is 0 Å². The summed E-state index contributed by atoms with van der Waals surface area (Å²) in [7, 11) is 0. The molecule has 3 nitrogen and oxygen atoms in total. The van der Waals surface area contributed by atoms with E-state index in [-0.39, 0.29) is 18.6 Å². The Labute approximate surface area is 190 Å². The lowest BCUT2D eigenvalue weighted by atomic mass is 9.72. The molecule has 1 aliphatic rings. The molecular formula is C20H18F12N2O. The molecule has 5 N–H and O–H groups in total. The van der Waals surface area contributed by atoms with Crippen molar-refractivity contribution >= 4 is 5.69 Å². The summed E-state index contributed by atoms with van der Waals surface area (Å²) in [5.74, 6) is -1.22. The van der Waals surface area contributed by atoms with Crippen molar-refractivity contribution in [3.8, 4) is 0 Å². The highest BCUT2D eigenvalue weighted by Crippen LogP contribution is 2.57. The first kappa shape index (κ1) is 28.7. The van der Waals surface area contributed by atoms with E-state index >= 15 is 0 Å². The number of aliphatic hydroxyl groups is 1. The summed E-state index contributed by atoms with van der Waals surface area (Å²) in [6.07, 6.45) is -23.8. The third-order valence-corrected chi connectivity index (χ3v) is 5.93. The van der Waals surface area contributed by atoms with E-state index in [9.17, 15) is 57.8 Å². The van der Waals surface area contributed by atoms with Gasteiger partial charge in [0, 0.05) is 16.9 Å². The van der Waals surface area contributed by atoms with Gasteiger partial charge in [-0.2, -0.15) is 52.7 Å². The largest absolute Gasteiger partial charge is 0.430 e. The monoisotopic (exact) mass is 530 g/mol. The topological polar surface area (TPSA) is 72.3 Å². The minimum atomic E-state index is -6.26. The molecule has 0 aliphatic heterocycles. The summed E-state index contributed by atoms with van der Waals surface area (Å²) < 4.78 is 160. The van der Waals surface area contributed by atoms with Crippen molar-refractivity contribution in [3.05, 3.63) is 52.7 Å². The molecule has 0 saturated carbocycles. The van der Waals surface area contributed by atoms with E-state index in [2.05, 4.69) is 0 Å². The van der Waals surface area contributed by atoms with E-state index in [0.29, 0.717) is 6.07 Å². The van der Waals surface area contributed by atoms with Crippen LogP contribution in [-0.2, 0) is 12.0 Å². The standard InChI is InChI=1S/C20H18F12N2O/c1-15(17(21,22)23,18(24,25)26)11-7-9(2-4-13(11)33)6-10-3-5-14(34)12(8-10)16(35,19(27,28)29)20(30,31)32/h2-5,8-9,35H,6-7,33-34H2,1H3. The maximum Gasteiger partial charge on any atom is 0.430 e. The van der Waals surface area contributed by atoms with Crippen LogP contribution in [0.4, 0.5) is 58.4 Å². The summed E-state index contributed by atoms with van der Waals surface area (Å²) in [6.45, 7) is -0.112. The molecule has 0 spiro atoms. The minimum absolute atomic E-state index is 0.112. The molecular weight excluding hydrogens is 512 g/mol. The molecule has 1 aromatic rings. The first-order valence-corrected chi connectivity index (χ1v) is 9.54. The highest BCUT2D eigenvalue weighted by Gasteiger charge is 2.72. The number of hydrogen-bond acceptors (Lipinski definition) is 3. The third-order valence-electron chi connectivity index (χ3n) is 5.93. The second kappa shape index (κ2) is 8.52. The predicted molar refractivity (Wildman–Crippen MR) is 99.2 cm³/mol. The van der Waals surface area contributed by atoms with Gasteiger partial charge >= 0.3 is 24.7 Å². The van der Waals surface area contributed by atoms with Crippen LogP contribution in [0, 0.1) is 11.3 Å². The Morgan fingerprint density at radius 2 is 1.31 bits per heavy atom. The molecule has 0 aromatic heterocycles. The number of nitrogens with two attached hydrogens (primary N) is 2. The molecule has 1 aromatic carbocycles. The Morgan fingerprint density at radius 1 is 0.829 bits per heavy atom.